The largest absolute Gasteiger partial charge is 0.377 e. The zero-order chi connectivity index (χ0) is 12.7. The van der Waals surface area contributed by atoms with Crippen molar-refractivity contribution in [2.24, 2.45) is 0 Å². The molecule has 1 saturated carbocycles. The summed E-state index contributed by atoms with van der Waals surface area (Å²) in [6, 6.07) is 1.40. The van der Waals surface area contributed by atoms with Crippen molar-refractivity contribution in [3.63, 3.8) is 0 Å². The Balaban J connectivity index is 2.26. The summed E-state index contributed by atoms with van der Waals surface area (Å²) in [6.07, 6.45) is 5.60. The van der Waals surface area contributed by atoms with Crippen LogP contribution in [0.4, 0.5) is 0 Å². The highest BCUT2D eigenvalue weighted by Crippen LogP contribution is 2.23. The molecule has 0 heterocycles. The van der Waals surface area contributed by atoms with Gasteiger partial charge in [-0.2, -0.15) is 0 Å². The van der Waals surface area contributed by atoms with Crippen molar-refractivity contribution < 1.29 is 4.74 Å². The van der Waals surface area contributed by atoms with Crippen LogP contribution in [0, 0.1) is 0 Å². The maximum Gasteiger partial charge on any atom is 0.0596 e. The quantitative estimate of drug-likeness (QED) is 0.706. The van der Waals surface area contributed by atoms with E-state index in [0.29, 0.717) is 18.2 Å². The van der Waals surface area contributed by atoms with Crippen molar-refractivity contribution in [3.05, 3.63) is 0 Å². The highest BCUT2D eigenvalue weighted by Gasteiger charge is 2.29. The molecule has 1 fully saturated rings. The number of likely N-dealkylation sites (N-methyl/N-ethyl adjacent to an activating group) is 1. The fraction of sp³-hybridized carbons (Fsp3) is 1.00. The molecule has 1 N–H and O–H groups in total. The normalized spacial score (nSPS) is 25.1. The van der Waals surface area contributed by atoms with E-state index in [-0.39, 0.29) is 0 Å². The van der Waals surface area contributed by atoms with Crippen LogP contribution in [0.2, 0.25) is 0 Å². The second-order valence-electron chi connectivity index (χ2n) is 5.46. The number of rotatable bonds is 8. The fourth-order valence-corrected chi connectivity index (χ4v) is 2.63. The molecule has 3 nitrogen and oxygen atoms in total. The highest BCUT2D eigenvalue weighted by molar-refractivity contribution is 4.89. The lowest BCUT2D eigenvalue weighted by Crippen LogP contribution is -2.46. The molecule has 0 aromatic rings. The van der Waals surface area contributed by atoms with Crippen LogP contribution in [0.1, 0.15) is 46.5 Å². The molecule has 2 unspecified atom stereocenters. The predicted octanol–water partition coefficient (Wildman–Crippen LogP) is 2.26. The van der Waals surface area contributed by atoms with Gasteiger partial charge in [-0.1, -0.05) is 13.3 Å². The van der Waals surface area contributed by atoms with Gasteiger partial charge < -0.3 is 10.1 Å². The van der Waals surface area contributed by atoms with Gasteiger partial charge in [-0.3, -0.25) is 4.90 Å². The Labute approximate surface area is 107 Å². The molecule has 0 saturated heterocycles. The van der Waals surface area contributed by atoms with E-state index in [2.05, 4.69) is 38.0 Å². The van der Waals surface area contributed by atoms with E-state index in [1.807, 2.05) is 0 Å². The van der Waals surface area contributed by atoms with E-state index >= 15 is 0 Å². The van der Waals surface area contributed by atoms with Gasteiger partial charge in [0.15, 0.2) is 0 Å². The molecule has 0 spiro atoms. The van der Waals surface area contributed by atoms with Gasteiger partial charge >= 0.3 is 0 Å². The van der Waals surface area contributed by atoms with Crippen LogP contribution in [-0.2, 0) is 4.74 Å². The molecule has 0 aromatic heterocycles. The summed E-state index contributed by atoms with van der Waals surface area (Å²) in [5.41, 5.74) is 0. The molecule has 1 aliphatic rings. The molecule has 1 aliphatic carbocycles. The zero-order valence-corrected chi connectivity index (χ0v) is 12.0. The van der Waals surface area contributed by atoms with Crippen molar-refractivity contribution in [3.8, 4) is 0 Å². The first-order valence-corrected chi connectivity index (χ1v) is 7.20. The summed E-state index contributed by atoms with van der Waals surface area (Å²) in [5.74, 6) is 0. The van der Waals surface area contributed by atoms with E-state index in [0.717, 1.165) is 19.7 Å². The van der Waals surface area contributed by atoms with Gasteiger partial charge in [-0.15, -0.1) is 0 Å². The SMILES string of the molecule is CCCNC1CCCC1N(C)CCOC(C)C. The summed E-state index contributed by atoms with van der Waals surface area (Å²) in [4.78, 5) is 2.47. The van der Waals surface area contributed by atoms with Crippen LogP contribution in [-0.4, -0.2) is 49.8 Å². The minimum absolute atomic E-state index is 0.348. The average Bonchev–Trinajstić information content (AvgIpc) is 2.73. The third-order valence-corrected chi connectivity index (χ3v) is 3.60. The Bertz CT molecular complexity index is 197. The number of hydrogen-bond acceptors (Lipinski definition) is 3. The molecule has 17 heavy (non-hydrogen) atoms. The number of nitrogens with one attached hydrogen (secondary N) is 1. The second-order valence-corrected chi connectivity index (χ2v) is 5.46. The minimum atomic E-state index is 0.348. The van der Waals surface area contributed by atoms with Crippen molar-refractivity contribution >= 4 is 0 Å². The van der Waals surface area contributed by atoms with Crippen LogP contribution in [0.5, 0.6) is 0 Å². The summed E-state index contributed by atoms with van der Waals surface area (Å²) in [6.45, 7) is 9.48. The smallest absolute Gasteiger partial charge is 0.0596 e. The van der Waals surface area contributed by atoms with E-state index in [1.165, 1.54) is 25.7 Å². The van der Waals surface area contributed by atoms with Crippen LogP contribution in [0.25, 0.3) is 0 Å². The van der Waals surface area contributed by atoms with Crippen molar-refractivity contribution in [2.75, 3.05) is 26.7 Å². The standard InChI is InChI=1S/C14H30N2O/c1-5-9-15-13-7-6-8-14(13)16(4)10-11-17-12(2)3/h12-15H,5-11H2,1-4H3. The van der Waals surface area contributed by atoms with Crippen LogP contribution in [0.3, 0.4) is 0 Å². The van der Waals surface area contributed by atoms with Gasteiger partial charge in [-0.05, 0) is 46.7 Å². The fourth-order valence-electron chi connectivity index (χ4n) is 2.63. The number of hydrogen-bond donors (Lipinski definition) is 1. The Morgan fingerprint density at radius 2 is 2.12 bits per heavy atom. The molecule has 0 bridgehead atoms. The molecule has 0 aliphatic heterocycles. The first-order valence-electron chi connectivity index (χ1n) is 7.20. The Morgan fingerprint density at radius 1 is 1.35 bits per heavy atom. The molecule has 0 radical (unpaired) electrons. The maximum absolute atomic E-state index is 5.63. The summed E-state index contributed by atoms with van der Waals surface area (Å²) < 4.78 is 5.63. The Hall–Kier alpha value is -0.120. The van der Waals surface area contributed by atoms with Crippen LogP contribution in [0.15, 0.2) is 0 Å². The Morgan fingerprint density at radius 3 is 2.76 bits per heavy atom. The zero-order valence-electron chi connectivity index (χ0n) is 12.0. The molecule has 102 valence electrons. The number of ether oxygens (including phenoxy) is 1. The van der Waals surface area contributed by atoms with Crippen molar-refractivity contribution in [2.45, 2.75) is 64.6 Å². The van der Waals surface area contributed by atoms with Crippen LogP contribution < -0.4 is 5.32 Å². The molecular weight excluding hydrogens is 212 g/mol. The monoisotopic (exact) mass is 242 g/mol. The number of nitrogens with zero attached hydrogens (tertiary/aromatic N) is 1. The molecule has 3 heteroatoms. The van der Waals surface area contributed by atoms with Gasteiger partial charge in [0.25, 0.3) is 0 Å². The predicted molar refractivity (Wildman–Crippen MR) is 73.4 cm³/mol. The molecule has 1 rings (SSSR count). The first-order chi connectivity index (χ1) is 8.15. The highest BCUT2D eigenvalue weighted by atomic mass is 16.5. The summed E-state index contributed by atoms with van der Waals surface area (Å²) >= 11 is 0. The third-order valence-electron chi connectivity index (χ3n) is 3.60. The Kier molecular flexibility index (Phi) is 7.09. The van der Waals surface area contributed by atoms with Gasteiger partial charge in [0.2, 0.25) is 0 Å². The van der Waals surface area contributed by atoms with Crippen molar-refractivity contribution in [1.29, 1.82) is 0 Å². The third kappa shape index (κ3) is 5.36. The summed E-state index contributed by atoms with van der Waals surface area (Å²) in [5, 5.41) is 3.68. The van der Waals surface area contributed by atoms with Gasteiger partial charge in [0.1, 0.15) is 0 Å². The molecule has 0 amide bonds. The lowest BCUT2D eigenvalue weighted by Gasteiger charge is -2.30. The summed E-state index contributed by atoms with van der Waals surface area (Å²) in [7, 11) is 2.24. The molecular formula is C14H30N2O. The van der Waals surface area contributed by atoms with E-state index in [4.69, 9.17) is 4.74 Å². The van der Waals surface area contributed by atoms with Crippen molar-refractivity contribution in [1.82, 2.24) is 10.2 Å². The molecule has 0 aromatic carbocycles. The van der Waals surface area contributed by atoms with E-state index in [9.17, 15) is 0 Å². The average molecular weight is 242 g/mol. The first kappa shape index (κ1) is 14.9. The maximum atomic E-state index is 5.63. The minimum Gasteiger partial charge on any atom is -0.377 e. The van der Waals surface area contributed by atoms with E-state index in [1.54, 1.807) is 0 Å². The van der Waals surface area contributed by atoms with E-state index < -0.39 is 0 Å². The van der Waals surface area contributed by atoms with Crippen LogP contribution >= 0.6 is 0 Å². The van der Waals surface area contributed by atoms with Gasteiger partial charge in [0, 0.05) is 18.6 Å². The lowest BCUT2D eigenvalue weighted by molar-refractivity contribution is 0.0537. The second kappa shape index (κ2) is 8.06. The topological polar surface area (TPSA) is 24.5 Å². The molecule has 2 atom stereocenters. The van der Waals surface area contributed by atoms with Gasteiger partial charge in [0.05, 0.1) is 12.7 Å². The van der Waals surface area contributed by atoms with Gasteiger partial charge in [-0.25, -0.2) is 0 Å². The lowest BCUT2D eigenvalue weighted by atomic mass is 10.1.